The van der Waals surface area contributed by atoms with Gasteiger partial charge in [-0.25, -0.2) is 4.85 Å². The Morgan fingerprint density at radius 1 is 1.14 bits per heavy atom. The highest BCUT2D eigenvalue weighted by molar-refractivity contribution is 5.82. The maximum atomic E-state index is 13.4. The minimum absolute atomic E-state index is 0.0513. The first kappa shape index (κ1) is 19.3. The third-order valence-corrected chi connectivity index (χ3v) is 4.25. The number of allylic oxidation sites excluding steroid dienone is 3. The molecule has 0 saturated carbocycles. The molecule has 1 aromatic heterocycles. The molecule has 1 aliphatic rings. The molecule has 0 radical (unpaired) electrons. The van der Waals surface area contributed by atoms with Gasteiger partial charge in [-0.1, -0.05) is 6.07 Å². The number of dihydropyridines is 1. The zero-order chi connectivity index (χ0) is 20.9. The third-order valence-electron chi connectivity index (χ3n) is 4.25. The Bertz CT molecular complexity index is 1060. The molecule has 28 heavy (non-hydrogen) atoms. The average Bonchev–Trinajstić information content (AvgIpc) is 2.98. The number of halogens is 6. The summed E-state index contributed by atoms with van der Waals surface area (Å²) in [4.78, 5) is 2.83. The van der Waals surface area contributed by atoms with Crippen LogP contribution in [0.25, 0.3) is 15.7 Å². The van der Waals surface area contributed by atoms with Crippen molar-refractivity contribution in [3.63, 3.8) is 0 Å². The lowest BCUT2D eigenvalue weighted by molar-refractivity contribution is -0.112. The number of nitriles is 1. The quantitative estimate of drug-likeness (QED) is 0.546. The van der Waals surface area contributed by atoms with Crippen molar-refractivity contribution in [2.45, 2.75) is 25.2 Å². The molecule has 0 fully saturated rings. The fourth-order valence-electron chi connectivity index (χ4n) is 3.02. The van der Waals surface area contributed by atoms with Gasteiger partial charge in [-0.15, -0.1) is 0 Å². The monoisotopic (exact) mass is 397 g/mol. The van der Waals surface area contributed by atoms with E-state index in [0.717, 1.165) is 0 Å². The smallest absolute Gasteiger partial charge is 0.357 e. The number of aryl methyl sites for hydroxylation is 1. The minimum Gasteiger partial charge on any atom is -0.357 e. The Balaban J connectivity index is 2.36. The number of H-pyrrole nitrogens is 1. The molecule has 144 valence electrons. The van der Waals surface area contributed by atoms with E-state index >= 15 is 0 Å². The van der Waals surface area contributed by atoms with Crippen LogP contribution in [0.3, 0.4) is 0 Å². The van der Waals surface area contributed by atoms with E-state index in [1.807, 2.05) is 0 Å². The van der Waals surface area contributed by atoms with Crippen molar-refractivity contribution in [2.75, 3.05) is 0 Å². The molecule has 11 heteroatoms. The number of aromatic amines is 1. The van der Waals surface area contributed by atoms with Crippen LogP contribution in [0, 0.1) is 24.8 Å². The number of hydrogen-bond acceptors (Lipinski definition) is 3. The molecule has 2 N–H and O–H groups in total. The zero-order valence-corrected chi connectivity index (χ0v) is 13.9. The van der Waals surface area contributed by atoms with Crippen molar-refractivity contribution < 1.29 is 26.3 Å². The Morgan fingerprint density at radius 3 is 2.32 bits per heavy atom. The summed E-state index contributed by atoms with van der Waals surface area (Å²) in [5, 5.41) is 17.6. The van der Waals surface area contributed by atoms with Crippen molar-refractivity contribution in [3.8, 4) is 6.07 Å². The predicted molar refractivity (Wildman–Crippen MR) is 85.1 cm³/mol. The van der Waals surface area contributed by atoms with E-state index in [4.69, 9.17) is 6.57 Å². The molecule has 2 aromatic rings. The number of nitrogens with one attached hydrogen (secondary N) is 2. The Hall–Kier alpha value is -3.47. The van der Waals surface area contributed by atoms with Gasteiger partial charge in [0, 0.05) is 11.1 Å². The number of alkyl halides is 6. The molecule has 0 spiro atoms. The first-order valence-corrected chi connectivity index (χ1v) is 7.61. The fraction of sp³-hybridized carbons (Fsp3) is 0.235. The maximum Gasteiger partial charge on any atom is 0.432 e. The van der Waals surface area contributed by atoms with E-state index < -0.39 is 40.9 Å². The molecule has 0 aliphatic carbocycles. The SMILES string of the molecule is [C-]#[N+]C1=C(C(F)(F)F)NC(C(F)(F)F)=C(C#N)C1c1ccc2n[nH]c(C)c2c1. The second kappa shape index (κ2) is 6.30. The highest BCUT2D eigenvalue weighted by atomic mass is 19.4. The Labute approximate surface area is 153 Å². The summed E-state index contributed by atoms with van der Waals surface area (Å²) in [7, 11) is 0. The highest BCUT2D eigenvalue weighted by Crippen LogP contribution is 2.46. The van der Waals surface area contributed by atoms with Crippen molar-refractivity contribution in [3.05, 3.63) is 63.5 Å². The molecule has 2 heterocycles. The van der Waals surface area contributed by atoms with Crippen LogP contribution < -0.4 is 5.32 Å². The van der Waals surface area contributed by atoms with Crippen LogP contribution in [0.1, 0.15) is 17.2 Å². The van der Waals surface area contributed by atoms with Gasteiger partial charge in [0.15, 0.2) is 0 Å². The second-order valence-corrected chi connectivity index (χ2v) is 5.95. The summed E-state index contributed by atoms with van der Waals surface area (Å²) < 4.78 is 80.2. The molecule has 3 rings (SSSR count). The predicted octanol–water partition coefficient (Wildman–Crippen LogP) is 4.59. The topological polar surface area (TPSA) is 68.9 Å². The van der Waals surface area contributed by atoms with Gasteiger partial charge >= 0.3 is 12.4 Å². The van der Waals surface area contributed by atoms with Crippen molar-refractivity contribution >= 4 is 10.9 Å². The standard InChI is InChI=1S/C17H9F6N5/c1-7-9-5-8(3-4-11(9)28-27-7)12-10(6-24)14(16(18,19)20)26-15(13(12)25-2)17(21,22)23/h3-5,12,26H,1H3,(H,27,28). The highest BCUT2D eigenvalue weighted by Gasteiger charge is 2.50. The number of fused-ring (bicyclic) bond motifs is 1. The van der Waals surface area contributed by atoms with Crippen molar-refractivity contribution in [2.24, 2.45) is 0 Å². The second-order valence-electron chi connectivity index (χ2n) is 5.95. The van der Waals surface area contributed by atoms with Crippen LogP contribution in [0.4, 0.5) is 26.3 Å². The summed E-state index contributed by atoms with van der Waals surface area (Å²) in [6, 6.07) is 5.31. The largest absolute Gasteiger partial charge is 0.432 e. The number of rotatable bonds is 1. The lowest BCUT2D eigenvalue weighted by Gasteiger charge is -2.30. The molecular weight excluding hydrogens is 388 g/mol. The molecule has 1 unspecified atom stereocenters. The van der Waals surface area contributed by atoms with Gasteiger partial charge in [-0.3, -0.25) is 5.10 Å². The number of hydrogen-bond donors (Lipinski definition) is 2. The first-order valence-electron chi connectivity index (χ1n) is 7.61. The van der Waals surface area contributed by atoms with E-state index in [2.05, 4.69) is 15.0 Å². The van der Waals surface area contributed by atoms with Crippen LogP contribution in [-0.4, -0.2) is 22.5 Å². The number of aromatic nitrogens is 2. The van der Waals surface area contributed by atoms with E-state index in [-0.39, 0.29) is 5.56 Å². The van der Waals surface area contributed by atoms with Crippen LogP contribution in [0.15, 0.2) is 40.9 Å². The van der Waals surface area contributed by atoms with E-state index in [1.54, 1.807) is 6.92 Å². The molecule has 0 amide bonds. The van der Waals surface area contributed by atoms with Crippen molar-refractivity contribution in [1.82, 2.24) is 15.5 Å². The average molecular weight is 397 g/mol. The minimum atomic E-state index is -5.25. The first-order chi connectivity index (χ1) is 13.0. The van der Waals surface area contributed by atoms with Crippen LogP contribution in [-0.2, 0) is 0 Å². The summed E-state index contributed by atoms with van der Waals surface area (Å²) in [5.41, 5.74) is -4.77. The molecule has 5 nitrogen and oxygen atoms in total. The van der Waals surface area contributed by atoms with Gasteiger partial charge in [0.25, 0.3) is 0 Å². The summed E-state index contributed by atoms with van der Waals surface area (Å²) in [5.74, 6) is -1.82. The number of benzene rings is 1. The van der Waals surface area contributed by atoms with Gasteiger partial charge in [0.05, 0.1) is 29.6 Å². The molecule has 1 atom stereocenters. The maximum absolute atomic E-state index is 13.4. The summed E-state index contributed by atoms with van der Waals surface area (Å²) in [6.07, 6.45) is -10.5. The Morgan fingerprint density at radius 2 is 1.79 bits per heavy atom. The van der Waals surface area contributed by atoms with Gasteiger partial charge in [-0.2, -0.15) is 36.7 Å². The molecular formula is C17H9F6N5. The Kier molecular flexibility index (Phi) is 4.34. The number of nitrogens with zero attached hydrogens (tertiary/aromatic N) is 3. The summed E-state index contributed by atoms with van der Waals surface area (Å²) >= 11 is 0. The molecule has 1 aromatic carbocycles. The normalized spacial score (nSPS) is 18.1. The lowest BCUT2D eigenvalue weighted by Crippen LogP contribution is -2.38. The van der Waals surface area contributed by atoms with Crippen LogP contribution in [0.2, 0.25) is 0 Å². The van der Waals surface area contributed by atoms with Crippen LogP contribution in [0.5, 0.6) is 0 Å². The lowest BCUT2D eigenvalue weighted by atomic mass is 9.83. The third kappa shape index (κ3) is 3.05. The van der Waals surface area contributed by atoms with Gasteiger partial charge in [-0.05, 0) is 24.6 Å². The fourth-order valence-corrected chi connectivity index (χ4v) is 3.02. The summed E-state index contributed by atoms with van der Waals surface area (Å²) in [6.45, 7) is 8.77. The van der Waals surface area contributed by atoms with Gasteiger partial charge in [0.2, 0.25) is 5.70 Å². The van der Waals surface area contributed by atoms with Gasteiger partial charge in [0.1, 0.15) is 11.4 Å². The van der Waals surface area contributed by atoms with E-state index in [1.165, 1.54) is 29.6 Å². The van der Waals surface area contributed by atoms with E-state index in [0.29, 0.717) is 16.6 Å². The van der Waals surface area contributed by atoms with Gasteiger partial charge < -0.3 is 5.32 Å². The molecule has 0 bridgehead atoms. The molecule has 1 aliphatic heterocycles. The van der Waals surface area contributed by atoms with Crippen LogP contribution >= 0.6 is 0 Å². The molecule has 0 saturated heterocycles. The van der Waals surface area contributed by atoms with E-state index in [9.17, 15) is 31.6 Å². The zero-order valence-electron chi connectivity index (χ0n) is 13.9. The van der Waals surface area contributed by atoms with Crippen molar-refractivity contribution in [1.29, 1.82) is 5.26 Å².